The van der Waals surface area contributed by atoms with E-state index in [0.29, 0.717) is 5.56 Å². The Bertz CT molecular complexity index is 2500. The smallest absolute Gasteiger partial charge is 0.394 e. The molecule has 0 aliphatic carbocycles. The zero-order valence-corrected chi connectivity index (χ0v) is 41.5. The Morgan fingerprint density at radius 3 is 1.82 bits per heavy atom. The predicted octanol–water partition coefficient (Wildman–Crippen LogP) is 16.0. The molecular weight excluding hydrogens is 978 g/mol. The van der Waals surface area contributed by atoms with E-state index >= 15 is 0 Å². The van der Waals surface area contributed by atoms with E-state index in [4.69, 9.17) is 4.98 Å². The Morgan fingerprint density at radius 2 is 1.29 bits per heavy atom. The van der Waals surface area contributed by atoms with E-state index in [2.05, 4.69) is 87.3 Å². The molecule has 0 fully saturated rings. The molecule has 1 N–H and O–H groups in total. The molecular formula is C53H62F3IrN2O2S-. The second kappa shape index (κ2) is 19.7. The van der Waals surface area contributed by atoms with Gasteiger partial charge >= 0.3 is 6.18 Å². The summed E-state index contributed by atoms with van der Waals surface area (Å²) in [7, 11) is 0. The van der Waals surface area contributed by atoms with Gasteiger partial charge < -0.3 is 5.11 Å². The van der Waals surface area contributed by atoms with E-state index in [9.17, 15) is 23.1 Å². The number of alkyl halides is 3. The number of halogens is 3. The van der Waals surface area contributed by atoms with E-state index in [-0.39, 0.29) is 54.3 Å². The molecule has 4 nitrogen and oxygen atoms in total. The summed E-state index contributed by atoms with van der Waals surface area (Å²) < 4.78 is 41.1. The van der Waals surface area contributed by atoms with Crippen LogP contribution in [0.5, 0.6) is 0 Å². The maximum Gasteiger partial charge on any atom is 0.394 e. The molecule has 0 aliphatic heterocycles. The van der Waals surface area contributed by atoms with Crippen LogP contribution in [0.2, 0.25) is 0 Å². The third kappa shape index (κ3) is 10.8. The first-order chi connectivity index (χ1) is 28.5. The number of rotatable bonds is 12. The Morgan fingerprint density at radius 1 is 0.758 bits per heavy atom. The summed E-state index contributed by atoms with van der Waals surface area (Å²) in [5.74, 6) is 0.286. The molecule has 0 saturated carbocycles. The molecule has 333 valence electrons. The summed E-state index contributed by atoms with van der Waals surface area (Å²) in [5.41, 5.74) is 6.46. The van der Waals surface area contributed by atoms with Crippen molar-refractivity contribution in [1.29, 1.82) is 0 Å². The van der Waals surface area contributed by atoms with E-state index in [0.717, 1.165) is 79.7 Å². The maximum absolute atomic E-state index is 13.4. The van der Waals surface area contributed by atoms with Crippen LogP contribution in [0.4, 0.5) is 13.2 Å². The van der Waals surface area contributed by atoms with Crippen LogP contribution in [-0.2, 0) is 36.7 Å². The number of hydrogen-bond donors (Lipinski definition) is 1. The third-order valence-corrected chi connectivity index (χ3v) is 14.3. The van der Waals surface area contributed by atoms with Crippen LogP contribution >= 0.6 is 11.3 Å². The van der Waals surface area contributed by atoms with Gasteiger partial charge in [-0.25, -0.2) is 4.98 Å². The Kier molecular flexibility index (Phi) is 16.0. The number of aliphatic hydroxyl groups is 1. The molecule has 0 amide bonds. The molecule has 6 rings (SSSR count). The number of nitrogens with zero attached hydrogens (tertiary/aromatic N) is 2. The van der Waals surface area contributed by atoms with Crippen molar-refractivity contribution in [3.8, 4) is 32.8 Å². The molecule has 6 aromatic rings. The van der Waals surface area contributed by atoms with Gasteiger partial charge in [0.25, 0.3) is 0 Å². The average molecular weight is 1040 g/mol. The fourth-order valence-electron chi connectivity index (χ4n) is 7.39. The Balaban J connectivity index is 0.000000400. The molecule has 0 bridgehead atoms. The van der Waals surface area contributed by atoms with Gasteiger partial charge in [-0.1, -0.05) is 154 Å². The molecule has 0 atom stereocenters. The molecule has 4 aromatic carbocycles. The molecule has 1 radical (unpaired) electrons. The number of hydrogen-bond acceptors (Lipinski definition) is 5. The standard InChI is InChI=1S/C38H34F3N2S.C15H28O2.Ir/c1-23-32-35(33(43-22-42-32)29-19-28-9-7-8-10-30(28)31(20-29)36(2,3)4)44-34(23)27-17-15-26(16-18-27)25-13-11-24(12-14-25)21-37(5,6)38(39,40)41;1-7-14(5,8-2)12(16)11-13(17)15(6,9-3)10-4;/h7-18,20,22H,21H2,1-6H3;11,16H,7-10H2,1-6H3;/q-1;;/b;12-11-;. The zero-order valence-electron chi connectivity index (χ0n) is 38.3. The quantitative estimate of drug-likeness (QED) is 0.0754. The van der Waals surface area contributed by atoms with Crippen molar-refractivity contribution in [1.82, 2.24) is 9.97 Å². The fraction of sp³-hybridized carbons (Fsp3) is 0.415. The molecule has 0 spiro atoms. The summed E-state index contributed by atoms with van der Waals surface area (Å²) in [4.78, 5) is 22.7. The molecule has 0 aliphatic rings. The zero-order chi connectivity index (χ0) is 45.1. The van der Waals surface area contributed by atoms with Crippen molar-refractivity contribution in [2.75, 3.05) is 0 Å². The number of ketones is 1. The van der Waals surface area contributed by atoms with Crippen LogP contribution in [0.25, 0.3) is 53.8 Å². The van der Waals surface area contributed by atoms with Crippen molar-refractivity contribution in [3.63, 3.8) is 0 Å². The Labute approximate surface area is 384 Å². The summed E-state index contributed by atoms with van der Waals surface area (Å²) in [6, 6.07) is 29.9. The SMILES string of the molecule is CCC(C)(CC)C(=O)/C=C(\O)C(C)(CC)CC.Cc1c(-c2ccc(-c3ccc(CC(C)(C)C(F)(F)F)cc3)cc2)sc2c(-c3[c-]c4ccccc4c(C(C)(C)C)c3)ncnc12.[Ir]. The minimum absolute atomic E-state index is 0. The number of carbonyl (C=O) groups excluding carboxylic acids is 1. The molecule has 0 saturated heterocycles. The fourth-order valence-corrected chi connectivity index (χ4v) is 8.66. The summed E-state index contributed by atoms with van der Waals surface area (Å²) >= 11 is 1.69. The van der Waals surface area contributed by atoms with Crippen molar-refractivity contribution in [3.05, 3.63) is 120 Å². The number of carbonyl (C=O) groups is 1. The molecule has 2 heterocycles. The average Bonchev–Trinajstić information content (AvgIpc) is 3.58. The minimum Gasteiger partial charge on any atom is -0.512 e. The summed E-state index contributed by atoms with van der Waals surface area (Å²) in [5, 5.41) is 12.4. The number of aryl methyl sites for hydroxylation is 1. The number of allylic oxidation sites excluding steroid dienone is 2. The van der Waals surface area contributed by atoms with Crippen LogP contribution in [0.15, 0.2) is 97.0 Å². The first kappa shape index (κ1) is 50.5. The normalized spacial score (nSPS) is 12.9. The van der Waals surface area contributed by atoms with E-state index in [1.165, 1.54) is 30.9 Å². The first-order valence-electron chi connectivity index (χ1n) is 21.4. The molecule has 0 unspecified atom stereocenters. The second-order valence-corrected chi connectivity index (χ2v) is 19.6. The van der Waals surface area contributed by atoms with Crippen molar-refractivity contribution in [2.24, 2.45) is 16.2 Å². The Hall–Kier alpha value is -4.17. The summed E-state index contributed by atoms with van der Waals surface area (Å²) in [6.45, 7) is 23.4. The van der Waals surface area contributed by atoms with Crippen LogP contribution in [0, 0.1) is 29.2 Å². The van der Waals surface area contributed by atoms with E-state index in [1.54, 1.807) is 29.8 Å². The van der Waals surface area contributed by atoms with Gasteiger partial charge in [0.2, 0.25) is 0 Å². The minimum atomic E-state index is -4.25. The largest absolute Gasteiger partial charge is 0.512 e. The topological polar surface area (TPSA) is 63.1 Å². The van der Waals surface area contributed by atoms with Crippen LogP contribution in [-0.4, -0.2) is 27.0 Å². The van der Waals surface area contributed by atoms with Crippen molar-refractivity contribution in [2.45, 2.75) is 127 Å². The third-order valence-electron chi connectivity index (χ3n) is 13.0. The second-order valence-electron chi connectivity index (χ2n) is 18.6. The number of aromatic nitrogens is 2. The van der Waals surface area contributed by atoms with Gasteiger partial charge in [-0.2, -0.15) is 13.2 Å². The van der Waals surface area contributed by atoms with Crippen LogP contribution < -0.4 is 0 Å². The first-order valence-corrected chi connectivity index (χ1v) is 22.3. The molecule has 2 aromatic heterocycles. The number of thiophene rings is 1. The molecule has 62 heavy (non-hydrogen) atoms. The van der Waals surface area contributed by atoms with Gasteiger partial charge in [0.05, 0.1) is 10.9 Å². The van der Waals surface area contributed by atoms with Gasteiger partial charge in [-0.3, -0.25) is 9.78 Å². The van der Waals surface area contributed by atoms with Crippen LogP contribution in [0.1, 0.15) is 119 Å². The van der Waals surface area contributed by atoms with Gasteiger partial charge in [-0.15, -0.1) is 40.5 Å². The monoisotopic (exact) mass is 1040 g/mol. The summed E-state index contributed by atoms with van der Waals surface area (Å²) in [6.07, 6.45) is 2.09. The number of benzene rings is 4. The maximum atomic E-state index is 13.4. The van der Waals surface area contributed by atoms with Gasteiger partial charge in [0.15, 0.2) is 5.78 Å². The van der Waals surface area contributed by atoms with Crippen molar-refractivity contribution >= 4 is 38.1 Å². The van der Waals surface area contributed by atoms with E-state index in [1.807, 2.05) is 59.7 Å². The van der Waals surface area contributed by atoms with Gasteiger partial charge in [0, 0.05) is 52.3 Å². The van der Waals surface area contributed by atoms with Crippen molar-refractivity contribution < 1.29 is 43.2 Å². The predicted molar refractivity (Wildman–Crippen MR) is 250 cm³/mol. The van der Waals surface area contributed by atoms with E-state index < -0.39 is 11.6 Å². The van der Waals surface area contributed by atoms with Gasteiger partial charge in [-0.05, 0) is 72.3 Å². The number of fused-ring (bicyclic) bond motifs is 2. The van der Waals surface area contributed by atoms with Crippen LogP contribution in [0.3, 0.4) is 0 Å². The number of aliphatic hydroxyl groups excluding tert-OH is 1. The molecule has 9 heteroatoms. The van der Waals surface area contributed by atoms with Gasteiger partial charge in [0.1, 0.15) is 12.1 Å².